The van der Waals surface area contributed by atoms with Gasteiger partial charge in [0.25, 0.3) is 0 Å². The summed E-state index contributed by atoms with van der Waals surface area (Å²) in [4.78, 5) is 14.3. The minimum atomic E-state index is 0.546. The van der Waals surface area contributed by atoms with Gasteiger partial charge in [-0.15, -0.1) is 10.2 Å². The molecular formula is C23H31N7. The second-order valence-corrected chi connectivity index (χ2v) is 7.47. The van der Waals surface area contributed by atoms with Crippen molar-refractivity contribution < 1.29 is 0 Å². The SMILES string of the molecule is CCCc1nnc(-c2cccc(-c3nc(CCC)c(CCC)[15n][15n]3)n2)nc1CCC. The first-order valence-electron chi connectivity index (χ1n) is 11.1. The van der Waals surface area contributed by atoms with E-state index in [-0.39, 0.29) is 0 Å². The third kappa shape index (κ3) is 5.20. The zero-order valence-electron chi connectivity index (χ0n) is 18.5. The van der Waals surface area contributed by atoms with Crippen LogP contribution in [-0.2, 0) is 25.7 Å². The van der Waals surface area contributed by atoms with E-state index in [4.69, 9.17) is 15.0 Å². The van der Waals surface area contributed by atoms with Crippen LogP contribution in [0, 0.1) is 0 Å². The predicted molar refractivity (Wildman–Crippen MR) is 118 cm³/mol. The third-order valence-electron chi connectivity index (χ3n) is 4.83. The fraction of sp³-hybridized carbons (Fsp3) is 0.522. The van der Waals surface area contributed by atoms with Crippen molar-refractivity contribution in [3.8, 4) is 23.0 Å². The fourth-order valence-corrected chi connectivity index (χ4v) is 3.40. The standard InChI is InChI=1S/C23H31N7/c1-5-10-16-18(12-7-3)27-29-22(25-16)20-14-9-15-21(24-20)23-26-17(11-6-2)19(13-8-4)28-30-23/h9,14-15H,5-8,10-13H2,1-4H3/i27+1,29+1. The van der Waals surface area contributed by atoms with Crippen LogP contribution in [0.2, 0.25) is 0 Å². The number of hydrogen-bond donors (Lipinski definition) is 0. The smallest absolute Gasteiger partial charge is 0.200 e. The first-order valence-corrected chi connectivity index (χ1v) is 11.1. The van der Waals surface area contributed by atoms with E-state index in [2.05, 4.69) is 48.1 Å². The van der Waals surface area contributed by atoms with Gasteiger partial charge in [-0.25, -0.2) is 15.0 Å². The topological polar surface area (TPSA) is 90.2 Å². The number of aromatic nitrogens is 7. The molecular weight excluding hydrogens is 376 g/mol. The Bertz CT molecular complexity index is 897. The van der Waals surface area contributed by atoms with Crippen LogP contribution in [-0.4, -0.2) is 35.3 Å². The van der Waals surface area contributed by atoms with Crippen molar-refractivity contribution in [3.63, 3.8) is 0 Å². The molecule has 3 heterocycles. The Hall–Kier alpha value is -2.83. The van der Waals surface area contributed by atoms with E-state index in [1.165, 1.54) is 0 Å². The summed E-state index contributed by atoms with van der Waals surface area (Å²) in [6.45, 7) is 8.58. The average Bonchev–Trinajstić information content (AvgIpc) is 2.77. The molecule has 0 fully saturated rings. The monoisotopic (exact) mass is 407 g/mol. The Balaban J connectivity index is 1.97. The van der Waals surface area contributed by atoms with E-state index in [1.807, 2.05) is 18.2 Å². The van der Waals surface area contributed by atoms with Gasteiger partial charge in [-0.05, 0) is 37.8 Å². The Labute approximate surface area is 178 Å². The van der Waals surface area contributed by atoms with Gasteiger partial charge in [-0.3, -0.25) is 0 Å². The Morgan fingerprint density at radius 3 is 1.30 bits per heavy atom. The van der Waals surface area contributed by atoms with Gasteiger partial charge >= 0.3 is 0 Å². The van der Waals surface area contributed by atoms with Crippen LogP contribution in [0.15, 0.2) is 18.2 Å². The number of aryl methyl sites for hydroxylation is 4. The molecule has 158 valence electrons. The fourth-order valence-electron chi connectivity index (χ4n) is 3.40. The zero-order valence-corrected chi connectivity index (χ0v) is 18.5. The first kappa shape index (κ1) is 21.9. The molecule has 0 radical (unpaired) electrons. The molecule has 0 aliphatic heterocycles. The lowest BCUT2D eigenvalue weighted by molar-refractivity contribution is 0.755. The number of pyridine rings is 1. The summed E-state index contributed by atoms with van der Waals surface area (Å²) in [5.74, 6) is 1.09. The van der Waals surface area contributed by atoms with Crippen molar-refractivity contribution in [2.75, 3.05) is 0 Å². The Kier molecular flexibility index (Phi) is 7.88. The van der Waals surface area contributed by atoms with Gasteiger partial charge < -0.3 is 0 Å². The molecule has 0 N–H and O–H groups in total. The van der Waals surface area contributed by atoms with Crippen LogP contribution in [0.3, 0.4) is 0 Å². The molecule has 30 heavy (non-hydrogen) atoms. The second kappa shape index (κ2) is 10.8. The van der Waals surface area contributed by atoms with Crippen molar-refractivity contribution >= 4 is 0 Å². The summed E-state index contributed by atoms with van der Waals surface area (Å²) in [5, 5.41) is 17.6. The van der Waals surface area contributed by atoms with E-state index in [0.29, 0.717) is 23.0 Å². The molecule has 7 heteroatoms. The second-order valence-electron chi connectivity index (χ2n) is 7.47. The highest BCUT2D eigenvalue weighted by Gasteiger charge is 2.14. The van der Waals surface area contributed by atoms with E-state index in [9.17, 15) is 0 Å². The lowest BCUT2D eigenvalue weighted by Crippen LogP contribution is -2.08. The van der Waals surface area contributed by atoms with Gasteiger partial charge in [0.1, 0.15) is 11.4 Å². The van der Waals surface area contributed by atoms with Crippen LogP contribution in [0.4, 0.5) is 0 Å². The maximum absolute atomic E-state index is 4.78. The highest BCUT2D eigenvalue weighted by molar-refractivity contribution is 5.57. The largest absolute Gasteiger partial charge is 0.241 e. The van der Waals surface area contributed by atoms with Gasteiger partial charge in [-0.1, -0.05) is 59.4 Å². The molecule has 0 amide bonds. The summed E-state index contributed by atoms with van der Waals surface area (Å²) in [7, 11) is 0. The molecule has 0 spiro atoms. The predicted octanol–water partition coefficient (Wildman–Crippen LogP) is 4.60. The summed E-state index contributed by atoms with van der Waals surface area (Å²) in [5.41, 5.74) is 5.37. The summed E-state index contributed by atoms with van der Waals surface area (Å²) in [6.07, 6.45) is 7.67. The number of hydrogen-bond acceptors (Lipinski definition) is 7. The molecule has 3 aromatic heterocycles. The molecule has 0 aromatic carbocycles. The van der Waals surface area contributed by atoms with E-state index >= 15 is 0 Å². The maximum atomic E-state index is 4.78. The van der Waals surface area contributed by atoms with Crippen LogP contribution in [0.25, 0.3) is 23.0 Å². The molecule has 3 aromatic rings. The summed E-state index contributed by atoms with van der Waals surface area (Å²) in [6, 6.07) is 5.74. The molecule has 0 saturated heterocycles. The Morgan fingerprint density at radius 2 is 0.900 bits per heavy atom. The van der Waals surface area contributed by atoms with Crippen LogP contribution in [0.5, 0.6) is 0 Å². The molecule has 0 saturated carbocycles. The molecule has 0 atom stereocenters. The van der Waals surface area contributed by atoms with Crippen LogP contribution in [0.1, 0.15) is 76.2 Å². The van der Waals surface area contributed by atoms with Crippen molar-refractivity contribution in [2.24, 2.45) is 0 Å². The van der Waals surface area contributed by atoms with Crippen LogP contribution < -0.4 is 0 Å². The molecule has 0 aliphatic rings. The lowest BCUT2D eigenvalue weighted by Gasteiger charge is -2.09. The van der Waals surface area contributed by atoms with Gasteiger partial charge in [0.15, 0.2) is 0 Å². The maximum Gasteiger partial charge on any atom is 0.200 e. The highest BCUT2D eigenvalue weighted by Crippen LogP contribution is 2.20. The molecule has 3 rings (SSSR count). The molecule has 7 nitrogen and oxygen atoms in total. The molecule has 0 bridgehead atoms. The average molecular weight is 408 g/mol. The van der Waals surface area contributed by atoms with E-state index in [0.717, 1.165) is 74.1 Å². The minimum absolute atomic E-state index is 0.546. The zero-order chi connectivity index (χ0) is 21.3. The number of nitrogens with zero attached hydrogens (tertiary/aromatic N) is 7. The van der Waals surface area contributed by atoms with Gasteiger partial charge in [-0.2, -0.15) is 10.2 Å². The van der Waals surface area contributed by atoms with Crippen molar-refractivity contribution in [1.29, 1.82) is 0 Å². The lowest BCUT2D eigenvalue weighted by atomic mass is 10.1. The van der Waals surface area contributed by atoms with Crippen LogP contribution >= 0.6 is 0 Å². The first-order chi connectivity index (χ1) is 14.7. The quantitative estimate of drug-likeness (QED) is 0.485. The van der Waals surface area contributed by atoms with Gasteiger partial charge in [0.05, 0.1) is 22.8 Å². The van der Waals surface area contributed by atoms with E-state index in [1.54, 1.807) is 0 Å². The normalized spacial score (nSPS) is 11.1. The third-order valence-corrected chi connectivity index (χ3v) is 4.83. The number of rotatable bonds is 10. The Morgan fingerprint density at radius 1 is 0.500 bits per heavy atom. The van der Waals surface area contributed by atoms with E-state index < -0.39 is 0 Å². The summed E-state index contributed by atoms with van der Waals surface area (Å²) < 4.78 is 0. The summed E-state index contributed by atoms with van der Waals surface area (Å²) >= 11 is 0. The van der Waals surface area contributed by atoms with Crippen molar-refractivity contribution in [2.45, 2.75) is 79.1 Å². The van der Waals surface area contributed by atoms with Gasteiger partial charge in [0.2, 0.25) is 11.6 Å². The van der Waals surface area contributed by atoms with Crippen molar-refractivity contribution in [3.05, 3.63) is 41.0 Å². The molecule has 0 aliphatic carbocycles. The highest BCUT2D eigenvalue weighted by atomic mass is 16.0. The van der Waals surface area contributed by atoms with Gasteiger partial charge in [0, 0.05) is 0 Å². The minimum Gasteiger partial charge on any atom is -0.241 e. The molecule has 0 unspecified atom stereocenters. The van der Waals surface area contributed by atoms with Crippen molar-refractivity contribution in [1.82, 2.24) is 35.3 Å².